The molecular formula is C16H16ClFN4O. The van der Waals surface area contributed by atoms with Gasteiger partial charge < -0.3 is 9.80 Å². The maximum absolute atomic E-state index is 13.2. The number of rotatable bonds is 2. The predicted molar refractivity (Wildman–Crippen MR) is 86.3 cm³/mol. The van der Waals surface area contributed by atoms with E-state index in [0.717, 1.165) is 5.56 Å². The van der Waals surface area contributed by atoms with Crippen molar-refractivity contribution in [2.24, 2.45) is 0 Å². The van der Waals surface area contributed by atoms with Gasteiger partial charge in [-0.1, -0.05) is 17.7 Å². The van der Waals surface area contributed by atoms with Gasteiger partial charge in [0.25, 0.3) is 5.91 Å². The van der Waals surface area contributed by atoms with Crippen molar-refractivity contribution in [1.29, 1.82) is 0 Å². The molecule has 23 heavy (non-hydrogen) atoms. The van der Waals surface area contributed by atoms with Gasteiger partial charge in [0, 0.05) is 32.2 Å². The molecule has 0 N–H and O–H groups in total. The molecule has 1 aliphatic heterocycles. The Bertz CT molecular complexity index is 732. The minimum atomic E-state index is -0.556. The summed E-state index contributed by atoms with van der Waals surface area (Å²) in [5.41, 5.74) is 1.53. The van der Waals surface area contributed by atoms with E-state index in [1.165, 1.54) is 12.4 Å². The largest absolute Gasteiger partial charge is 0.353 e. The number of carbonyl (C=O) groups is 1. The van der Waals surface area contributed by atoms with Crippen molar-refractivity contribution in [3.05, 3.63) is 52.7 Å². The third-order valence-electron chi connectivity index (χ3n) is 3.87. The lowest BCUT2D eigenvalue weighted by molar-refractivity contribution is 0.0746. The number of carbonyl (C=O) groups excluding carboxylic acids is 1. The number of aryl methyl sites for hydroxylation is 1. The Morgan fingerprint density at radius 3 is 2.57 bits per heavy atom. The molecule has 0 radical (unpaired) electrons. The highest BCUT2D eigenvalue weighted by atomic mass is 35.5. The van der Waals surface area contributed by atoms with Gasteiger partial charge in [-0.05, 0) is 24.6 Å². The Balaban J connectivity index is 1.68. The van der Waals surface area contributed by atoms with Crippen LogP contribution in [0.25, 0.3) is 0 Å². The first-order chi connectivity index (χ1) is 11.0. The number of nitrogens with zero attached hydrogens (tertiary/aromatic N) is 4. The van der Waals surface area contributed by atoms with E-state index >= 15 is 0 Å². The molecule has 1 amide bonds. The molecule has 0 aliphatic carbocycles. The number of amides is 1. The van der Waals surface area contributed by atoms with E-state index in [1.807, 2.05) is 17.9 Å². The van der Waals surface area contributed by atoms with E-state index in [2.05, 4.69) is 9.97 Å². The summed E-state index contributed by atoms with van der Waals surface area (Å²) in [6.07, 6.45) is 1.20. The number of halogens is 2. The van der Waals surface area contributed by atoms with Crippen LogP contribution in [0.2, 0.25) is 5.02 Å². The smallest absolute Gasteiger partial charge is 0.255 e. The number of hydrogen-bond donors (Lipinski definition) is 0. The quantitative estimate of drug-likeness (QED) is 0.792. The summed E-state index contributed by atoms with van der Waals surface area (Å²) >= 11 is 6.17. The van der Waals surface area contributed by atoms with Gasteiger partial charge in [-0.2, -0.15) is 4.39 Å². The zero-order valence-electron chi connectivity index (χ0n) is 12.7. The van der Waals surface area contributed by atoms with Gasteiger partial charge >= 0.3 is 0 Å². The summed E-state index contributed by atoms with van der Waals surface area (Å²) in [5, 5.41) is 0.468. The highest BCUT2D eigenvalue weighted by Crippen LogP contribution is 2.21. The van der Waals surface area contributed by atoms with Crippen LogP contribution in [0.3, 0.4) is 0 Å². The van der Waals surface area contributed by atoms with Crippen molar-refractivity contribution in [3.8, 4) is 0 Å². The van der Waals surface area contributed by atoms with Crippen molar-refractivity contribution in [2.45, 2.75) is 6.92 Å². The zero-order valence-corrected chi connectivity index (χ0v) is 13.4. The van der Waals surface area contributed by atoms with E-state index in [4.69, 9.17) is 11.6 Å². The molecule has 0 bridgehead atoms. The Hall–Kier alpha value is -2.21. The fourth-order valence-electron chi connectivity index (χ4n) is 2.60. The molecule has 120 valence electrons. The lowest BCUT2D eigenvalue weighted by atomic mass is 10.1. The first-order valence-electron chi connectivity index (χ1n) is 7.32. The molecule has 1 aromatic heterocycles. The van der Waals surface area contributed by atoms with Crippen LogP contribution in [0, 0.1) is 12.9 Å². The molecule has 1 fully saturated rings. The van der Waals surface area contributed by atoms with Gasteiger partial charge in [0.15, 0.2) is 0 Å². The van der Waals surface area contributed by atoms with Gasteiger partial charge in [0.1, 0.15) is 12.1 Å². The number of piperazine rings is 1. The lowest BCUT2D eigenvalue weighted by Crippen LogP contribution is -2.49. The third-order valence-corrected chi connectivity index (χ3v) is 4.18. The standard InChI is InChI=1S/C16H16ClFN4O/c1-11-2-3-12(13(17)8-11)16(23)22-6-4-21(5-7-22)15-9-14(18)19-10-20-15/h2-3,8-10H,4-7H2,1H3. The molecule has 3 rings (SSSR count). The molecule has 1 aromatic carbocycles. The van der Waals surface area contributed by atoms with E-state index in [9.17, 15) is 9.18 Å². The van der Waals surface area contributed by atoms with Crippen LogP contribution in [-0.2, 0) is 0 Å². The number of hydrogen-bond acceptors (Lipinski definition) is 4. The Kier molecular flexibility index (Phi) is 4.43. The minimum Gasteiger partial charge on any atom is -0.353 e. The summed E-state index contributed by atoms with van der Waals surface area (Å²) in [7, 11) is 0. The van der Waals surface area contributed by atoms with Gasteiger partial charge in [-0.25, -0.2) is 9.97 Å². The third kappa shape index (κ3) is 3.42. The first-order valence-corrected chi connectivity index (χ1v) is 7.70. The van der Waals surface area contributed by atoms with Gasteiger partial charge in [0.2, 0.25) is 5.95 Å². The maximum atomic E-state index is 13.2. The van der Waals surface area contributed by atoms with E-state index in [0.29, 0.717) is 42.6 Å². The molecule has 0 saturated carbocycles. The summed E-state index contributed by atoms with van der Waals surface area (Å²) in [4.78, 5) is 23.8. The topological polar surface area (TPSA) is 49.3 Å². The summed E-state index contributed by atoms with van der Waals surface area (Å²) in [6.45, 7) is 4.18. The molecule has 7 heteroatoms. The summed E-state index contributed by atoms with van der Waals surface area (Å²) in [5.74, 6) is -0.0959. The highest BCUT2D eigenvalue weighted by Gasteiger charge is 2.24. The fourth-order valence-corrected chi connectivity index (χ4v) is 2.92. The Labute approximate surface area is 138 Å². The molecule has 1 aliphatic rings. The molecule has 2 aromatic rings. The molecule has 0 atom stereocenters. The van der Waals surface area contributed by atoms with E-state index in [-0.39, 0.29) is 5.91 Å². The van der Waals surface area contributed by atoms with Crippen LogP contribution in [0.15, 0.2) is 30.6 Å². The second-order valence-electron chi connectivity index (χ2n) is 5.46. The molecule has 0 unspecified atom stereocenters. The van der Waals surface area contributed by atoms with Crippen LogP contribution >= 0.6 is 11.6 Å². The number of anilines is 1. The van der Waals surface area contributed by atoms with Crippen LogP contribution in [0.4, 0.5) is 10.2 Å². The van der Waals surface area contributed by atoms with E-state index in [1.54, 1.807) is 17.0 Å². The van der Waals surface area contributed by atoms with Gasteiger partial charge in [-0.3, -0.25) is 4.79 Å². The van der Waals surface area contributed by atoms with Crippen molar-refractivity contribution in [1.82, 2.24) is 14.9 Å². The number of aromatic nitrogens is 2. The molecule has 1 saturated heterocycles. The maximum Gasteiger partial charge on any atom is 0.255 e. The number of benzene rings is 1. The summed E-state index contributed by atoms with van der Waals surface area (Å²) < 4.78 is 13.2. The molecular weight excluding hydrogens is 319 g/mol. The van der Waals surface area contributed by atoms with Crippen molar-refractivity contribution >= 4 is 23.3 Å². The second-order valence-corrected chi connectivity index (χ2v) is 5.87. The molecule has 0 spiro atoms. The molecule has 2 heterocycles. The van der Waals surface area contributed by atoms with Crippen LogP contribution < -0.4 is 4.90 Å². The normalized spacial score (nSPS) is 14.9. The van der Waals surface area contributed by atoms with Crippen molar-refractivity contribution in [3.63, 3.8) is 0 Å². The average Bonchev–Trinajstić information content (AvgIpc) is 2.54. The summed E-state index contributed by atoms with van der Waals surface area (Å²) in [6, 6.07) is 6.72. The SMILES string of the molecule is Cc1ccc(C(=O)N2CCN(c3cc(F)ncn3)CC2)c(Cl)c1. The van der Waals surface area contributed by atoms with Gasteiger partial charge in [-0.15, -0.1) is 0 Å². The van der Waals surface area contributed by atoms with Crippen LogP contribution in [-0.4, -0.2) is 47.0 Å². The molecule has 5 nitrogen and oxygen atoms in total. The first kappa shape index (κ1) is 15.7. The monoisotopic (exact) mass is 334 g/mol. The van der Waals surface area contributed by atoms with Gasteiger partial charge in [0.05, 0.1) is 10.6 Å². The lowest BCUT2D eigenvalue weighted by Gasteiger charge is -2.35. The predicted octanol–water partition coefficient (Wildman–Crippen LogP) is 2.54. The van der Waals surface area contributed by atoms with Crippen molar-refractivity contribution < 1.29 is 9.18 Å². The van der Waals surface area contributed by atoms with Crippen LogP contribution in [0.1, 0.15) is 15.9 Å². The Morgan fingerprint density at radius 2 is 1.91 bits per heavy atom. The second kappa shape index (κ2) is 6.50. The minimum absolute atomic E-state index is 0.0801. The fraction of sp³-hybridized carbons (Fsp3) is 0.312. The zero-order chi connectivity index (χ0) is 16.4. The Morgan fingerprint density at radius 1 is 1.17 bits per heavy atom. The van der Waals surface area contributed by atoms with Crippen molar-refractivity contribution in [2.75, 3.05) is 31.1 Å². The highest BCUT2D eigenvalue weighted by molar-refractivity contribution is 6.33. The van der Waals surface area contributed by atoms with E-state index < -0.39 is 5.95 Å². The van der Waals surface area contributed by atoms with Crippen LogP contribution in [0.5, 0.6) is 0 Å². The average molecular weight is 335 g/mol.